The van der Waals surface area contributed by atoms with Gasteiger partial charge in [-0.2, -0.15) is 15.1 Å². The van der Waals surface area contributed by atoms with Gasteiger partial charge in [-0.15, -0.1) is 0 Å². The zero-order valence-corrected chi connectivity index (χ0v) is 23.8. The van der Waals surface area contributed by atoms with Crippen LogP contribution in [0.1, 0.15) is 12.8 Å². The van der Waals surface area contributed by atoms with E-state index in [2.05, 4.69) is 31.7 Å². The molecule has 1 N–H and O–H groups in total. The maximum Gasteiger partial charge on any atom is 0.319 e. The summed E-state index contributed by atoms with van der Waals surface area (Å²) in [6.07, 6.45) is 3.65. The molecular formula is C29H27ClF3N7O3. The fourth-order valence-electron chi connectivity index (χ4n) is 5.49. The molecule has 2 aliphatic rings. The summed E-state index contributed by atoms with van der Waals surface area (Å²) in [7, 11) is 1.74. The molecule has 0 unspecified atom stereocenters. The molecule has 2 atom stereocenters. The second kappa shape index (κ2) is 11.8. The third-order valence-corrected chi connectivity index (χ3v) is 8.00. The molecule has 1 aromatic carbocycles. The highest BCUT2D eigenvalue weighted by Gasteiger charge is 2.39. The van der Waals surface area contributed by atoms with E-state index >= 15 is 0 Å². The molecule has 224 valence electrons. The molecule has 1 fully saturated rings. The van der Waals surface area contributed by atoms with Crippen LogP contribution in [0.25, 0.3) is 21.8 Å². The number of allylic oxidation sites excluding steroid dienone is 1. The summed E-state index contributed by atoms with van der Waals surface area (Å²) in [4.78, 5) is 29.6. The fourth-order valence-corrected chi connectivity index (χ4v) is 5.69. The van der Waals surface area contributed by atoms with Gasteiger partial charge in [0.2, 0.25) is 12.3 Å². The maximum atomic E-state index is 14.7. The number of aromatic amines is 1. The number of fused-ring (bicyclic) bond motifs is 2. The highest BCUT2D eigenvalue weighted by Crippen LogP contribution is 2.40. The molecule has 1 saturated heterocycles. The second-order valence-electron chi connectivity index (χ2n) is 10.5. The van der Waals surface area contributed by atoms with Crippen molar-refractivity contribution in [2.75, 3.05) is 38.1 Å². The Morgan fingerprint density at radius 3 is 2.88 bits per heavy atom. The zero-order valence-electron chi connectivity index (χ0n) is 23.1. The molecule has 0 spiro atoms. The Hall–Kier alpha value is -4.23. The minimum atomic E-state index is -2.60. The average molecular weight is 614 g/mol. The van der Waals surface area contributed by atoms with Gasteiger partial charge in [0.15, 0.2) is 11.5 Å². The summed E-state index contributed by atoms with van der Waals surface area (Å²) in [6.45, 7) is 4.95. The number of ether oxygens (including phenoxy) is 2. The number of alkyl halides is 2. The lowest BCUT2D eigenvalue weighted by atomic mass is 10.1. The van der Waals surface area contributed by atoms with E-state index in [9.17, 15) is 18.0 Å². The number of nitrogens with one attached hydrogen (secondary N) is 1. The number of likely N-dealkylation sites (tertiary alicyclic amines) is 1. The van der Waals surface area contributed by atoms with Crippen molar-refractivity contribution in [2.45, 2.75) is 25.4 Å². The van der Waals surface area contributed by atoms with Gasteiger partial charge in [-0.05, 0) is 37.6 Å². The van der Waals surface area contributed by atoms with Crippen LogP contribution in [-0.2, 0) is 4.79 Å². The number of anilines is 1. The minimum absolute atomic E-state index is 0.0187. The predicted molar refractivity (Wildman–Crippen MR) is 155 cm³/mol. The van der Waals surface area contributed by atoms with Gasteiger partial charge in [-0.3, -0.25) is 9.89 Å². The van der Waals surface area contributed by atoms with Crippen molar-refractivity contribution in [3.05, 3.63) is 59.7 Å². The van der Waals surface area contributed by atoms with Crippen molar-refractivity contribution < 1.29 is 27.4 Å². The number of carbonyl (C=O) groups is 1. The number of carbonyl (C=O) groups excluding carboxylic acids is 1. The largest absolute Gasteiger partial charge is 0.458 e. The van der Waals surface area contributed by atoms with E-state index in [4.69, 9.17) is 21.1 Å². The first kappa shape index (κ1) is 28.9. The zero-order chi connectivity index (χ0) is 30.2. The summed E-state index contributed by atoms with van der Waals surface area (Å²) in [5.74, 6) is -1.49. The molecule has 2 aliphatic heterocycles. The molecule has 3 aromatic heterocycles. The van der Waals surface area contributed by atoms with Gasteiger partial charge in [0.25, 0.3) is 0 Å². The number of aromatic nitrogens is 5. The number of pyridine rings is 1. The lowest BCUT2D eigenvalue weighted by Gasteiger charge is -2.25. The molecule has 43 heavy (non-hydrogen) atoms. The molecular weight excluding hydrogens is 587 g/mol. The molecule has 14 heteroatoms. The molecule has 0 saturated carbocycles. The number of benzene rings is 1. The summed E-state index contributed by atoms with van der Waals surface area (Å²) in [5.41, 5.74) is 1.22. The monoisotopic (exact) mass is 613 g/mol. The number of rotatable bonds is 8. The number of halogens is 4. The molecule has 0 radical (unpaired) electrons. The van der Waals surface area contributed by atoms with Gasteiger partial charge in [0.05, 0.1) is 28.4 Å². The van der Waals surface area contributed by atoms with Crippen molar-refractivity contribution in [1.29, 1.82) is 0 Å². The molecule has 5 heterocycles. The van der Waals surface area contributed by atoms with E-state index in [0.29, 0.717) is 53.6 Å². The van der Waals surface area contributed by atoms with Crippen LogP contribution in [0.15, 0.2) is 48.8 Å². The maximum absolute atomic E-state index is 14.7. The van der Waals surface area contributed by atoms with Crippen LogP contribution in [0.4, 0.5) is 19.0 Å². The smallest absolute Gasteiger partial charge is 0.319 e. The Kier molecular flexibility index (Phi) is 7.93. The van der Waals surface area contributed by atoms with Crippen molar-refractivity contribution in [3.63, 3.8) is 0 Å². The van der Waals surface area contributed by atoms with E-state index in [1.165, 1.54) is 24.5 Å². The Balaban J connectivity index is 1.45. The van der Waals surface area contributed by atoms with Gasteiger partial charge in [-0.1, -0.05) is 24.3 Å². The standard InChI is InChI=1S/C29H27ClF3N7O3/c1-3-21(41)15-5-4-9-40(10-7-15)27-16-6-8-34-28(43-25-17-12-35-38-20(17)11-19(31)23(25)30)24(16)36-29(37-27)42-22-14-39(2)13-18(22)26(32)33/h3,5-6,8,11-12,18,22,26H,1,4,7,9-10,13-14H2,2H3,(H,35,38)/t18-,22-/m1/s1. The lowest BCUT2D eigenvalue weighted by molar-refractivity contribution is -0.111. The first-order valence-corrected chi connectivity index (χ1v) is 14.0. The van der Waals surface area contributed by atoms with Crippen molar-refractivity contribution >= 4 is 45.0 Å². The highest BCUT2D eigenvalue weighted by molar-refractivity contribution is 6.33. The van der Waals surface area contributed by atoms with Crippen LogP contribution in [0.2, 0.25) is 5.02 Å². The SMILES string of the molecule is C=CC(=O)C1=CCCN(c2nc(O[C@@H]3CN(C)C[C@H]3C(F)F)nc3c(Oc4c(Cl)c(F)cc5[nH]ncc45)nccc23)CC1. The third kappa shape index (κ3) is 5.62. The van der Waals surface area contributed by atoms with Crippen LogP contribution in [0, 0.1) is 11.7 Å². The van der Waals surface area contributed by atoms with E-state index in [1.54, 1.807) is 18.0 Å². The molecule has 0 aliphatic carbocycles. The number of ketones is 1. The summed E-state index contributed by atoms with van der Waals surface area (Å²) in [6, 6.07) is 2.77. The summed E-state index contributed by atoms with van der Waals surface area (Å²) >= 11 is 6.31. The van der Waals surface area contributed by atoms with Crippen molar-refractivity contribution in [2.24, 2.45) is 5.92 Å². The van der Waals surface area contributed by atoms with E-state index < -0.39 is 24.3 Å². The molecule has 0 amide bonds. The van der Waals surface area contributed by atoms with Crippen LogP contribution in [0.5, 0.6) is 17.6 Å². The van der Waals surface area contributed by atoms with Crippen molar-refractivity contribution in [1.82, 2.24) is 30.0 Å². The number of nitrogens with zero attached hydrogens (tertiary/aromatic N) is 6. The molecule has 0 bridgehead atoms. The van der Waals surface area contributed by atoms with Gasteiger partial charge in [0, 0.05) is 38.4 Å². The number of likely N-dealkylation sites (N-methyl/N-ethyl adjacent to an activating group) is 1. The van der Waals surface area contributed by atoms with E-state index in [0.717, 1.165) is 0 Å². The average Bonchev–Trinajstić information content (AvgIpc) is 3.52. The number of H-pyrrole nitrogens is 1. The first-order valence-electron chi connectivity index (χ1n) is 13.6. The molecule has 10 nitrogen and oxygen atoms in total. The molecule has 4 aromatic rings. The Labute approximate surface area is 249 Å². The topological polar surface area (TPSA) is 109 Å². The molecule has 6 rings (SSSR count). The van der Waals surface area contributed by atoms with Crippen LogP contribution >= 0.6 is 11.6 Å². The van der Waals surface area contributed by atoms with Gasteiger partial charge in [0.1, 0.15) is 28.3 Å². The fraction of sp³-hybridized carbons (Fsp3) is 0.345. The van der Waals surface area contributed by atoms with Crippen LogP contribution < -0.4 is 14.4 Å². The summed E-state index contributed by atoms with van der Waals surface area (Å²) < 4.78 is 54.5. The second-order valence-corrected chi connectivity index (χ2v) is 10.9. The quantitative estimate of drug-likeness (QED) is 0.263. The Morgan fingerprint density at radius 1 is 1.26 bits per heavy atom. The van der Waals surface area contributed by atoms with Crippen LogP contribution in [-0.4, -0.2) is 81.6 Å². The van der Waals surface area contributed by atoms with E-state index in [-0.39, 0.29) is 47.1 Å². The highest BCUT2D eigenvalue weighted by atomic mass is 35.5. The van der Waals surface area contributed by atoms with Crippen LogP contribution in [0.3, 0.4) is 0 Å². The number of hydrogen-bond donors (Lipinski definition) is 1. The van der Waals surface area contributed by atoms with Gasteiger partial charge in [-0.25, -0.2) is 18.2 Å². The third-order valence-electron chi connectivity index (χ3n) is 7.65. The normalized spacial score (nSPS) is 19.6. The Morgan fingerprint density at radius 2 is 2.09 bits per heavy atom. The summed E-state index contributed by atoms with van der Waals surface area (Å²) in [5, 5.41) is 7.32. The van der Waals surface area contributed by atoms with Crippen molar-refractivity contribution in [3.8, 4) is 17.6 Å². The Bertz CT molecular complexity index is 1750. The van der Waals surface area contributed by atoms with Gasteiger partial charge < -0.3 is 19.3 Å². The minimum Gasteiger partial charge on any atom is -0.458 e. The first-order chi connectivity index (χ1) is 20.7. The predicted octanol–water partition coefficient (Wildman–Crippen LogP) is 5.34. The lowest BCUT2D eigenvalue weighted by Crippen LogP contribution is -2.32. The number of hydrogen-bond acceptors (Lipinski definition) is 9. The van der Waals surface area contributed by atoms with E-state index in [1.807, 2.05) is 11.0 Å². The van der Waals surface area contributed by atoms with Gasteiger partial charge >= 0.3 is 6.01 Å².